The van der Waals surface area contributed by atoms with Gasteiger partial charge < -0.3 is 19.5 Å². The van der Waals surface area contributed by atoms with Gasteiger partial charge in [-0.2, -0.15) is 0 Å². The zero-order valence-electron chi connectivity index (χ0n) is 18.3. The molecule has 1 aliphatic rings. The number of aromatic nitrogens is 2. The molecule has 0 bridgehead atoms. The van der Waals surface area contributed by atoms with Gasteiger partial charge in [0.1, 0.15) is 11.4 Å². The number of benzene rings is 2. The SMILES string of the molecule is CC(C)(C)OC(=O)N1CCC[C@@H]1CNc1nc2ccccc2n1Cc1cccc(F)c1. The van der Waals surface area contributed by atoms with E-state index >= 15 is 0 Å². The Bertz CT molecular complexity index is 1070. The summed E-state index contributed by atoms with van der Waals surface area (Å²) in [6.45, 7) is 7.41. The summed E-state index contributed by atoms with van der Waals surface area (Å²) in [5.74, 6) is 0.455. The average molecular weight is 425 g/mol. The minimum Gasteiger partial charge on any atom is -0.444 e. The highest BCUT2D eigenvalue weighted by atomic mass is 19.1. The van der Waals surface area contributed by atoms with Crippen molar-refractivity contribution < 1.29 is 13.9 Å². The Balaban J connectivity index is 1.53. The van der Waals surface area contributed by atoms with Gasteiger partial charge in [-0.05, 0) is 63.4 Å². The highest BCUT2D eigenvalue weighted by molar-refractivity contribution is 5.78. The van der Waals surface area contributed by atoms with Crippen molar-refractivity contribution in [2.75, 3.05) is 18.4 Å². The lowest BCUT2D eigenvalue weighted by Gasteiger charge is -2.28. The van der Waals surface area contributed by atoms with Gasteiger partial charge in [-0.3, -0.25) is 0 Å². The second-order valence-electron chi connectivity index (χ2n) is 8.99. The molecule has 1 aliphatic heterocycles. The van der Waals surface area contributed by atoms with E-state index in [1.54, 1.807) is 17.0 Å². The van der Waals surface area contributed by atoms with Gasteiger partial charge in [0, 0.05) is 13.1 Å². The van der Waals surface area contributed by atoms with E-state index in [9.17, 15) is 9.18 Å². The molecule has 3 aromatic rings. The van der Waals surface area contributed by atoms with Gasteiger partial charge in [-0.15, -0.1) is 0 Å². The molecule has 0 radical (unpaired) electrons. The van der Waals surface area contributed by atoms with Crippen molar-refractivity contribution >= 4 is 23.1 Å². The summed E-state index contributed by atoms with van der Waals surface area (Å²) >= 11 is 0. The van der Waals surface area contributed by atoms with Crippen molar-refractivity contribution in [2.24, 2.45) is 0 Å². The van der Waals surface area contributed by atoms with Gasteiger partial charge in [0.25, 0.3) is 0 Å². The van der Waals surface area contributed by atoms with E-state index in [0.29, 0.717) is 25.6 Å². The molecule has 1 N–H and O–H groups in total. The van der Waals surface area contributed by atoms with E-state index in [4.69, 9.17) is 9.72 Å². The molecule has 1 amide bonds. The molecular formula is C24H29FN4O2. The lowest BCUT2D eigenvalue weighted by atomic mass is 10.2. The minimum atomic E-state index is -0.517. The van der Waals surface area contributed by atoms with Crippen LogP contribution >= 0.6 is 0 Å². The maximum absolute atomic E-state index is 13.7. The number of imidazole rings is 1. The Hall–Kier alpha value is -3.09. The van der Waals surface area contributed by atoms with Crippen LogP contribution in [0.4, 0.5) is 15.1 Å². The van der Waals surface area contributed by atoms with Crippen LogP contribution in [0.3, 0.4) is 0 Å². The van der Waals surface area contributed by atoms with Gasteiger partial charge in [0.2, 0.25) is 5.95 Å². The first-order valence-electron chi connectivity index (χ1n) is 10.7. The van der Waals surface area contributed by atoms with Crippen molar-refractivity contribution in [1.29, 1.82) is 0 Å². The molecule has 1 atom stereocenters. The molecule has 1 saturated heterocycles. The Labute approximate surface area is 182 Å². The van der Waals surface area contributed by atoms with Crippen LogP contribution in [0.25, 0.3) is 11.0 Å². The van der Waals surface area contributed by atoms with Crippen LogP contribution in [0.15, 0.2) is 48.5 Å². The fourth-order valence-corrected chi connectivity index (χ4v) is 4.01. The third-order valence-electron chi connectivity index (χ3n) is 5.39. The van der Waals surface area contributed by atoms with Crippen LogP contribution in [0.2, 0.25) is 0 Å². The zero-order valence-corrected chi connectivity index (χ0v) is 18.3. The second kappa shape index (κ2) is 8.57. The van der Waals surface area contributed by atoms with Gasteiger partial charge >= 0.3 is 6.09 Å². The highest BCUT2D eigenvalue weighted by Gasteiger charge is 2.32. The standard InChI is InChI=1S/C24H29FN4O2/c1-24(2,3)31-23(30)28-13-7-10-19(28)15-26-22-27-20-11-4-5-12-21(20)29(22)16-17-8-6-9-18(25)14-17/h4-6,8-9,11-12,14,19H,7,10,13,15-16H2,1-3H3,(H,26,27)/t19-/m1/s1. The number of anilines is 1. The number of nitrogens with zero attached hydrogens (tertiary/aromatic N) is 3. The maximum Gasteiger partial charge on any atom is 0.410 e. The number of para-hydroxylation sites is 2. The van der Waals surface area contributed by atoms with Gasteiger partial charge in [0.15, 0.2) is 0 Å². The van der Waals surface area contributed by atoms with Crippen LogP contribution in [-0.2, 0) is 11.3 Å². The first-order valence-corrected chi connectivity index (χ1v) is 10.7. The Morgan fingerprint density at radius 2 is 2.03 bits per heavy atom. The van der Waals surface area contributed by atoms with Crippen molar-refractivity contribution in [2.45, 2.75) is 51.8 Å². The second-order valence-corrected chi connectivity index (χ2v) is 8.99. The van der Waals surface area contributed by atoms with E-state index < -0.39 is 5.60 Å². The Morgan fingerprint density at radius 1 is 1.23 bits per heavy atom. The predicted octanol–water partition coefficient (Wildman–Crippen LogP) is 5.04. The van der Waals surface area contributed by atoms with Crippen molar-refractivity contribution in [1.82, 2.24) is 14.5 Å². The summed E-state index contributed by atoms with van der Waals surface area (Å²) in [6.07, 6.45) is 1.59. The summed E-state index contributed by atoms with van der Waals surface area (Å²) in [5.41, 5.74) is 2.19. The first kappa shape index (κ1) is 21.2. The molecule has 0 unspecified atom stereocenters. The van der Waals surface area contributed by atoms with Crippen LogP contribution in [0, 0.1) is 5.82 Å². The monoisotopic (exact) mass is 424 g/mol. The Kier molecular flexibility index (Phi) is 5.85. The van der Waals surface area contributed by atoms with E-state index in [1.807, 2.05) is 51.1 Å². The van der Waals surface area contributed by atoms with Gasteiger partial charge in [-0.25, -0.2) is 14.2 Å². The van der Waals surface area contributed by atoms with E-state index in [1.165, 1.54) is 6.07 Å². The zero-order chi connectivity index (χ0) is 22.0. The van der Waals surface area contributed by atoms with Crippen LogP contribution in [-0.4, -0.2) is 45.3 Å². The molecule has 0 spiro atoms. The third-order valence-corrected chi connectivity index (χ3v) is 5.39. The number of carbonyl (C=O) groups is 1. The first-order chi connectivity index (χ1) is 14.8. The quantitative estimate of drug-likeness (QED) is 0.624. The summed E-state index contributed by atoms with van der Waals surface area (Å²) in [4.78, 5) is 19.1. The van der Waals surface area contributed by atoms with Crippen molar-refractivity contribution in [3.63, 3.8) is 0 Å². The fraction of sp³-hybridized carbons (Fsp3) is 0.417. The van der Waals surface area contributed by atoms with E-state index in [-0.39, 0.29) is 18.0 Å². The number of carbonyl (C=O) groups excluding carboxylic acids is 1. The number of hydrogen-bond acceptors (Lipinski definition) is 4. The fourth-order valence-electron chi connectivity index (χ4n) is 4.01. The normalized spacial score (nSPS) is 16.6. The largest absolute Gasteiger partial charge is 0.444 e. The minimum absolute atomic E-state index is 0.0391. The summed E-state index contributed by atoms with van der Waals surface area (Å²) in [5, 5.41) is 3.44. The molecule has 6 nitrogen and oxygen atoms in total. The number of fused-ring (bicyclic) bond motifs is 1. The molecule has 7 heteroatoms. The number of hydrogen-bond donors (Lipinski definition) is 1. The number of halogens is 1. The number of ether oxygens (including phenoxy) is 1. The highest BCUT2D eigenvalue weighted by Crippen LogP contribution is 2.24. The predicted molar refractivity (Wildman–Crippen MR) is 120 cm³/mol. The van der Waals surface area contributed by atoms with Gasteiger partial charge in [-0.1, -0.05) is 24.3 Å². The number of rotatable bonds is 5. The molecule has 2 aromatic carbocycles. The van der Waals surface area contributed by atoms with Crippen LogP contribution in [0.5, 0.6) is 0 Å². The summed E-state index contributed by atoms with van der Waals surface area (Å²) in [7, 11) is 0. The average Bonchev–Trinajstić information content (AvgIpc) is 3.30. The number of amides is 1. The Morgan fingerprint density at radius 3 is 2.81 bits per heavy atom. The molecule has 0 aliphatic carbocycles. The van der Waals surface area contributed by atoms with Crippen LogP contribution < -0.4 is 5.32 Å². The summed E-state index contributed by atoms with van der Waals surface area (Å²) < 4.78 is 21.3. The molecule has 0 saturated carbocycles. The lowest BCUT2D eigenvalue weighted by Crippen LogP contribution is -2.42. The lowest BCUT2D eigenvalue weighted by molar-refractivity contribution is 0.0235. The molecular weight excluding hydrogens is 395 g/mol. The molecule has 1 fully saturated rings. The van der Waals surface area contributed by atoms with Crippen molar-refractivity contribution in [3.8, 4) is 0 Å². The number of nitrogens with one attached hydrogen (secondary N) is 1. The molecule has 2 heterocycles. The molecule has 31 heavy (non-hydrogen) atoms. The molecule has 1 aromatic heterocycles. The van der Waals surface area contributed by atoms with E-state index in [0.717, 1.165) is 29.4 Å². The van der Waals surface area contributed by atoms with Crippen LogP contribution in [0.1, 0.15) is 39.2 Å². The van der Waals surface area contributed by atoms with Crippen molar-refractivity contribution in [3.05, 3.63) is 59.9 Å². The topological polar surface area (TPSA) is 59.4 Å². The smallest absolute Gasteiger partial charge is 0.410 e. The number of likely N-dealkylation sites (tertiary alicyclic amines) is 1. The van der Waals surface area contributed by atoms with E-state index in [2.05, 4.69) is 9.88 Å². The third kappa shape index (κ3) is 4.98. The molecule has 4 rings (SSSR count). The van der Waals surface area contributed by atoms with Gasteiger partial charge in [0.05, 0.1) is 23.6 Å². The summed E-state index contributed by atoms with van der Waals surface area (Å²) in [6, 6.07) is 14.5. The molecule has 164 valence electrons. The maximum atomic E-state index is 13.7.